The first-order valence-electron chi connectivity index (χ1n) is 6.62. The SMILES string of the molecule is O=C(CNCC1CCCCO1)Nc1ccc(Br)cc1. The molecule has 104 valence electrons. The van der Waals surface area contributed by atoms with E-state index in [0.717, 1.165) is 36.2 Å². The van der Waals surface area contributed by atoms with Crippen molar-refractivity contribution < 1.29 is 9.53 Å². The van der Waals surface area contributed by atoms with E-state index < -0.39 is 0 Å². The Balaban J connectivity index is 1.65. The molecule has 1 amide bonds. The molecule has 0 aliphatic carbocycles. The van der Waals surface area contributed by atoms with Gasteiger partial charge in [0.25, 0.3) is 0 Å². The molecule has 19 heavy (non-hydrogen) atoms. The van der Waals surface area contributed by atoms with E-state index in [1.807, 2.05) is 24.3 Å². The number of nitrogens with one attached hydrogen (secondary N) is 2. The lowest BCUT2D eigenvalue weighted by Crippen LogP contribution is -2.36. The summed E-state index contributed by atoms with van der Waals surface area (Å²) in [6, 6.07) is 7.54. The Bertz CT molecular complexity index is 402. The van der Waals surface area contributed by atoms with Gasteiger partial charge in [-0.2, -0.15) is 0 Å². The molecule has 1 aliphatic rings. The zero-order valence-electron chi connectivity index (χ0n) is 10.8. The Labute approximate surface area is 122 Å². The summed E-state index contributed by atoms with van der Waals surface area (Å²) < 4.78 is 6.59. The molecule has 0 aromatic heterocycles. The average Bonchev–Trinajstić information content (AvgIpc) is 2.43. The van der Waals surface area contributed by atoms with E-state index in [0.29, 0.717) is 6.54 Å². The van der Waals surface area contributed by atoms with Crippen molar-refractivity contribution in [2.45, 2.75) is 25.4 Å². The van der Waals surface area contributed by atoms with Crippen molar-refractivity contribution in [2.75, 3.05) is 25.0 Å². The second-order valence-corrected chi connectivity index (χ2v) is 5.59. The van der Waals surface area contributed by atoms with Gasteiger partial charge >= 0.3 is 0 Å². The van der Waals surface area contributed by atoms with Crippen molar-refractivity contribution in [2.24, 2.45) is 0 Å². The molecule has 0 spiro atoms. The minimum atomic E-state index is -0.0295. The van der Waals surface area contributed by atoms with Crippen LogP contribution in [-0.4, -0.2) is 31.7 Å². The zero-order valence-corrected chi connectivity index (χ0v) is 12.4. The van der Waals surface area contributed by atoms with E-state index in [9.17, 15) is 4.79 Å². The maximum absolute atomic E-state index is 11.7. The number of benzene rings is 1. The van der Waals surface area contributed by atoms with Gasteiger partial charge in [-0.3, -0.25) is 4.79 Å². The number of ether oxygens (including phenoxy) is 1. The van der Waals surface area contributed by atoms with Crippen LogP contribution in [0, 0.1) is 0 Å². The number of amides is 1. The highest BCUT2D eigenvalue weighted by atomic mass is 79.9. The van der Waals surface area contributed by atoms with Gasteiger partial charge < -0.3 is 15.4 Å². The summed E-state index contributed by atoms with van der Waals surface area (Å²) in [7, 11) is 0. The number of hydrogen-bond acceptors (Lipinski definition) is 3. The smallest absolute Gasteiger partial charge is 0.238 e. The molecule has 5 heteroatoms. The van der Waals surface area contributed by atoms with Gasteiger partial charge in [-0.05, 0) is 43.5 Å². The largest absolute Gasteiger partial charge is 0.377 e. The van der Waals surface area contributed by atoms with Crippen LogP contribution >= 0.6 is 15.9 Å². The van der Waals surface area contributed by atoms with Gasteiger partial charge in [-0.1, -0.05) is 15.9 Å². The lowest BCUT2D eigenvalue weighted by atomic mass is 10.1. The molecule has 2 N–H and O–H groups in total. The molecule has 4 nitrogen and oxygen atoms in total. The number of rotatable bonds is 5. The maximum atomic E-state index is 11.7. The first-order valence-corrected chi connectivity index (χ1v) is 7.41. The van der Waals surface area contributed by atoms with Crippen LogP contribution in [0.3, 0.4) is 0 Å². The summed E-state index contributed by atoms with van der Waals surface area (Å²) in [6.45, 7) is 1.90. The summed E-state index contributed by atoms with van der Waals surface area (Å²) in [5.74, 6) is -0.0295. The van der Waals surface area contributed by atoms with E-state index in [1.54, 1.807) is 0 Å². The van der Waals surface area contributed by atoms with Crippen LogP contribution in [-0.2, 0) is 9.53 Å². The van der Waals surface area contributed by atoms with E-state index in [4.69, 9.17) is 4.74 Å². The van der Waals surface area contributed by atoms with Gasteiger partial charge in [0.2, 0.25) is 5.91 Å². The van der Waals surface area contributed by atoms with Gasteiger partial charge in [-0.15, -0.1) is 0 Å². The Kier molecular flexibility index (Phi) is 5.82. The molecule has 1 heterocycles. The molecule has 1 saturated heterocycles. The van der Waals surface area contributed by atoms with Crippen LogP contribution in [0.2, 0.25) is 0 Å². The second kappa shape index (κ2) is 7.62. The van der Waals surface area contributed by atoms with Crippen LogP contribution < -0.4 is 10.6 Å². The van der Waals surface area contributed by atoms with Crippen molar-refractivity contribution in [3.05, 3.63) is 28.7 Å². The highest BCUT2D eigenvalue weighted by Crippen LogP contribution is 2.14. The molecule has 1 unspecified atom stereocenters. The molecular formula is C14H19BrN2O2. The summed E-state index contributed by atoms with van der Waals surface area (Å²) in [5.41, 5.74) is 0.809. The Hall–Kier alpha value is -0.910. The number of halogens is 1. The number of carbonyl (C=O) groups excluding carboxylic acids is 1. The van der Waals surface area contributed by atoms with Gasteiger partial charge in [-0.25, -0.2) is 0 Å². The minimum absolute atomic E-state index is 0.0295. The van der Waals surface area contributed by atoms with Gasteiger partial charge in [0, 0.05) is 23.3 Å². The predicted octanol–water partition coefficient (Wildman–Crippen LogP) is 2.55. The van der Waals surface area contributed by atoms with Crippen LogP contribution in [0.5, 0.6) is 0 Å². The van der Waals surface area contributed by atoms with E-state index in [2.05, 4.69) is 26.6 Å². The molecule has 1 aromatic carbocycles. The second-order valence-electron chi connectivity index (χ2n) is 4.67. The van der Waals surface area contributed by atoms with Gasteiger partial charge in [0.1, 0.15) is 0 Å². The van der Waals surface area contributed by atoms with Crippen molar-refractivity contribution >= 4 is 27.5 Å². The fourth-order valence-electron chi connectivity index (χ4n) is 2.05. The highest BCUT2D eigenvalue weighted by Gasteiger charge is 2.13. The Morgan fingerprint density at radius 1 is 1.32 bits per heavy atom. The zero-order chi connectivity index (χ0) is 13.5. The molecule has 2 rings (SSSR count). The molecule has 1 aromatic rings. The molecule has 0 saturated carbocycles. The quantitative estimate of drug-likeness (QED) is 0.874. The third-order valence-electron chi connectivity index (χ3n) is 3.06. The fraction of sp³-hybridized carbons (Fsp3) is 0.500. The summed E-state index contributed by atoms with van der Waals surface area (Å²) in [4.78, 5) is 11.7. The first-order chi connectivity index (χ1) is 9.24. The minimum Gasteiger partial charge on any atom is -0.377 e. The summed E-state index contributed by atoms with van der Waals surface area (Å²) >= 11 is 3.36. The van der Waals surface area contributed by atoms with Crippen molar-refractivity contribution in [1.82, 2.24) is 5.32 Å². The summed E-state index contributed by atoms with van der Waals surface area (Å²) in [6.07, 6.45) is 3.72. The highest BCUT2D eigenvalue weighted by molar-refractivity contribution is 9.10. The van der Waals surface area contributed by atoms with Crippen LogP contribution in [0.1, 0.15) is 19.3 Å². The first kappa shape index (κ1) is 14.5. The fourth-order valence-corrected chi connectivity index (χ4v) is 2.32. The Morgan fingerprint density at radius 3 is 2.79 bits per heavy atom. The van der Waals surface area contributed by atoms with Gasteiger partial charge in [0.05, 0.1) is 12.6 Å². The number of hydrogen-bond donors (Lipinski definition) is 2. The third-order valence-corrected chi connectivity index (χ3v) is 3.59. The standard InChI is InChI=1S/C14H19BrN2O2/c15-11-4-6-12(7-5-11)17-14(18)10-16-9-13-3-1-2-8-19-13/h4-7,13,16H,1-3,8-10H2,(H,17,18). The summed E-state index contributed by atoms with van der Waals surface area (Å²) in [5, 5.41) is 5.98. The molecule has 1 atom stereocenters. The lowest BCUT2D eigenvalue weighted by Gasteiger charge is -2.22. The van der Waals surface area contributed by atoms with E-state index in [-0.39, 0.29) is 12.0 Å². The molecular weight excluding hydrogens is 308 g/mol. The molecule has 0 bridgehead atoms. The van der Waals surface area contributed by atoms with E-state index in [1.165, 1.54) is 6.42 Å². The van der Waals surface area contributed by atoms with Gasteiger partial charge in [0.15, 0.2) is 0 Å². The predicted molar refractivity (Wildman–Crippen MR) is 79.2 cm³/mol. The van der Waals surface area contributed by atoms with Crippen molar-refractivity contribution in [1.29, 1.82) is 0 Å². The molecule has 0 radical (unpaired) electrons. The number of anilines is 1. The lowest BCUT2D eigenvalue weighted by molar-refractivity contribution is -0.115. The monoisotopic (exact) mass is 326 g/mol. The number of carbonyl (C=O) groups is 1. The third kappa shape index (κ3) is 5.30. The maximum Gasteiger partial charge on any atom is 0.238 e. The topological polar surface area (TPSA) is 50.4 Å². The van der Waals surface area contributed by atoms with Crippen molar-refractivity contribution in [3.8, 4) is 0 Å². The molecule has 1 aliphatic heterocycles. The normalized spacial score (nSPS) is 19.1. The van der Waals surface area contributed by atoms with E-state index >= 15 is 0 Å². The molecule has 1 fully saturated rings. The van der Waals surface area contributed by atoms with Crippen LogP contribution in [0.15, 0.2) is 28.7 Å². The van der Waals surface area contributed by atoms with Crippen LogP contribution in [0.4, 0.5) is 5.69 Å². The Morgan fingerprint density at radius 2 is 2.11 bits per heavy atom. The van der Waals surface area contributed by atoms with Crippen LogP contribution in [0.25, 0.3) is 0 Å². The van der Waals surface area contributed by atoms with Crippen molar-refractivity contribution in [3.63, 3.8) is 0 Å². The average molecular weight is 327 g/mol.